The number of hydrogen-bond donors (Lipinski definition) is 1. The second-order valence-corrected chi connectivity index (χ2v) is 4.53. The molecular weight excluding hydrogens is 243 g/mol. The Balaban J connectivity index is 2.17. The summed E-state index contributed by atoms with van der Waals surface area (Å²) in [5, 5.41) is 0. The topological polar surface area (TPSA) is 42.1 Å². The van der Waals surface area contributed by atoms with Crippen LogP contribution >= 0.6 is 0 Å². The summed E-state index contributed by atoms with van der Waals surface area (Å²) in [5.41, 5.74) is 5.75. The quantitative estimate of drug-likeness (QED) is 0.904. The molecule has 1 aliphatic heterocycles. The summed E-state index contributed by atoms with van der Waals surface area (Å²) in [5.74, 6) is 0.648. The van der Waals surface area contributed by atoms with Gasteiger partial charge in [-0.3, -0.25) is 0 Å². The van der Waals surface area contributed by atoms with Crippen molar-refractivity contribution in [2.24, 2.45) is 5.73 Å². The molecule has 100 valence electrons. The van der Waals surface area contributed by atoms with E-state index < -0.39 is 12.2 Å². The number of aromatic nitrogens is 1. The molecule has 1 fully saturated rings. The van der Waals surface area contributed by atoms with E-state index in [1.165, 1.54) is 0 Å². The van der Waals surface area contributed by atoms with Crippen molar-refractivity contribution in [2.75, 3.05) is 18.0 Å². The van der Waals surface area contributed by atoms with Crippen LogP contribution in [0.1, 0.15) is 18.4 Å². The van der Waals surface area contributed by atoms with E-state index >= 15 is 0 Å². The van der Waals surface area contributed by atoms with Gasteiger partial charge in [-0.2, -0.15) is 13.2 Å². The zero-order valence-electron chi connectivity index (χ0n) is 9.95. The smallest absolute Gasteiger partial charge is 0.356 e. The van der Waals surface area contributed by atoms with E-state index in [1.807, 2.05) is 4.90 Å². The van der Waals surface area contributed by atoms with Gasteiger partial charge < -0.3 is 10.6 Å². The molecule has 1 aliphatic rings. The molecule has 0 aliphatic carbocycles. The highest BCUT2D eigenvalue weighted by atomic mass is 19.4. The molecule has 2 rings (SSSR count). The Bertz CT molecular complexity index is 400. The molecule has 6 heteroatoms. The van der Waals surface area contributed by atoms with E-state index in [9.17, 15) is 13.2 Å². The van der Waals surface area contributed by atoms with Gasteiger partial charge in [0.1, 0.15) is 11.9 Å². The number of hydrogen-bond acceptors (Lipinski definition) is 3. The molecule has 0 saturated carbocycles. The van der Waals surface area contributed by atoms with Crippen molar-refractivity contribution in [3.8, 4) is 0 Å². The summed E-state index contributed by atoms with van der Waals surface area (Å²) < 4.78 is 37.5. The van der Waals surface area contributed by atoms with Gasteiger partial charge in [0, 0.05) is 19.3 Å². The maximum atomic E-state index is 12.5. The van der Waals surface area contributed by atoms with Gasteiger partial charge in [-0.25, -0.2) is 4.98 Å². The van der Waals surface area contributed by atoms with Crippen LogP contribution in [0, 0.1) is 0 Å². The summed E-state index contributed by atoms with van der Waals surface area (Å²) in [7, 11) is 0. The van der Waals surface area contributed by atoms with E-state index in [0.717, 1.165) is 25.9 Å². The van der Waals surface area contributed by atoms with E-state index in [4.69, 9.17) is 5.73 Å². The van der Waals surface area contributed by atoms with Gasteiger partial charge in [-0.05, 0) is 30.9 Å². The molecule has 0 aromatic carbocycles. The van der Waals surface area contributed by atoms with Crippen LogP contribution in [0.25, 0.3) is 0 Å². The maximum Gasteiger partial charge on any atom is 0.403 e. The van der Waals surface area contributed by atoms with Crippen LogP contribution in [-0.4, -0.2) is 30.3 Å². The molecular formula is C12H16F3N3. The summed E-state index contributed by atoms with van der Waals surface area (Å²) in [6, 6.07) is 1.49. The molecule has 0 radical (unpaired) electrons. The second kappa shape index (κ2) is 5.14. The molecule has 0 spiro atoms. The summed E-state index contributed by atoms with van der Waals surface area (Å²) in [4.78, 5) is 6.23. The molecule has 1 aromatic rings. The van der Waals surface area contributed by atoms with Gasteiger partial charge in [0.15, 0.2) is 0 Å². The number of nitrogens with two attached hydrogens (primary N) is 1. The number of alkyl halides is 3. The minimum absolute atomic E-state index is 0.219. The summed E-state index contributed by atoms with van der Waals surface area (Å²) >= 11 is 0. The van der Waals surface area contributed by atoms with E-state index in [-0.39, 0.29) is 6.42 Å². The lowest BCUT2D eigenvalue weighted by molar-refractivity contribution is -0.147. The molecule has 0 bridgehead atoms. The van der Waals surface area contributed by atoms with Crippen molar-refractivity contribution in [2.45, 2.75) is 31.5 Å². The number of rotatable bonds is 3. The van der Waals surface area contributed by atoms with Crippen molar-refractivity contribution in [1.82, 2.24) is 4.98 Å². The van der Waals surface area contributed by atoms with Crippen molar-refractivity contribution in [1.29, 1.82) is 0 Å². The summed E-state index contributed by atoms with van der Waals surface area (Å²) in [6.07, 6.45) is -0.861. The Morgan fingerprint density at radius 2 is 2.00 bits per heavy atom. The van der Waals surface area contributed by atoms with Gasteiger partial charge in [0.2, 0.25) is 0 Å². The first-order chi connectivity index (χ1) is 8.48. The molecule has 1 saturated heterocycles. The Morgan fingerprint density at radius 1 is 1.33 bits per heavy atom. The van der Waals surface area contributed by atoms with Crippen molar-refractivity contribution >= 4 is 5.82 Å². The third-order valence-corrected chi connectivity index (χ3v) is 3.13. The highest BCUT2D eigenvalue weighted by molar-refractivity contribution is 5.47. The van der Waals surface area contributed by atoms with Gasteiger partial charge in [0.05, 0.1) is 0 Å². The minimum Gasteiger partial charge on any atom is -0.356 e. The molecule has 1 unspecified atom stereocenters. The number of pyridine rings is 1. The molecule has 2 heterocycles. The van der Waals surface area contributed by atoms with Crippen LogP contribution in [0.5, 0.6) is 0 Å². The number of anilines is 1. The first-order valence-electron chi connectivity index (χ1n) is 5.99. The SMILES string of the molecule is NC(Cc1cccnc1N1CCCC1)C(F)(F)F. The Labute approximate surface area is 104 Å². The number of nitrogens with zero attached hydrogens (tertiary/aromatic N) is 2. The first kappa shape index (κ1) is 13.1. The zero-order valence-corrected chi connectivity index (χ0v) is 9.95. The van der Waals surface area contributed by atoms with Crippen LogP contribution in [0.3, 0.4) is 0 Å². The fourth-order valence-electron chi connectivity index (χ4n) is 2.16. The third-order valence-electron chi connectivity index (χ3n) is 3.13. The highest BCUT2D eigenvalue weighted by Gasteiger charge is 2.37. The first-order valence-corrected chi connectivity index (χ1v) is 5.99. The molecule has 3 nitrogen and oxygen atoms in total. The monoisotopic (exact) mass is 259 g/mol. The van der Waals surface area contributed by atoms with Crippen molar-refractivity contribution in [3.63, 3.8) is 0 Å². The van der Waals surface area contributed by atoms with Crippen LogP contribution in [0.2, 0.25) is 0 Å². The average molecular weight is 259 g/mol. The summed E-state index contributed by atoms with van der Waals surface area (Å²) in [6.45, 7) is 1.70. The largest absolute Gasteiger partial charge is 0.403 e. The van der Waals surface area contributed by atoms with Crippen molar-refractivity contribution < 1.29 is 13.2 Å². The van der Waals surface area contributed by atoms with E-state index in [1.54, 1.807) is 18.3 Å². The van der Waals surface area contributed by atoms with Gasteiger partial charge in [-0.1, -0.05) is 6.07 Å². The second-order valence-electron chi connectivity index (χ2n) is 4.53. The third kappa shape index (κ3) is 2.93. The normalized spacial score (nSPS) is 18.1. The maximum absolute atomic E-state index is 12.5. The van der Waals surface area contributed by atoms with Crippen molar-refractivity contribution in [3.05, 3.63) is 23.9 Å². The molecule has 1 aromatic heterocycles. The van der Waals surface area contributed by atoms with Crippen LogP contribution in [0.4, 0.5) is 19.0 Å². The molecule has 0 amide bonds. The minimum atomic E-state index is -4.36. The fraction of sp³-hybridized carbons (Fsp3) is 0.583. The number of halogens is 3. The highest BCUT2D eigenvalue weighted by Crippen LogP contribution is 2.26. The Kier molecular flexibility index (Phi) is 3.75. The lowest BCUT2D eigenvalue weighted by Crippen LogP contribution is -2.39. The molecule has 18 heavy (non-hydrogen) atoms. The van der Waals surface area contributed by atoms with Crippen LogP contribution < -0.4 is 10.6 Å². The van der Waals surface area contributed by atoms with Gasteiger partial charge in [0.25, 0.3) is 0 Å². The fourth-order valence-corrected chi connectivity index (χ4v) is 2.16. The standard InChI is InChI=1S/C12H16F3N3/c13-12(14,15)10(16)8-9-4-3-5-17-11(9)18-6-1-2-7-18/h3-5,10H,1-2,6-8,16H2. The lowest BCUT2D eigenvalue weighted by atomic mass is 10.1. The molecule has 2 N–H and O–H groups in total. The van der Waals surface area contributed by atoms with Gasteiger partial charge in [-0.15, -0.1) is 0 Å². The van der Waals surface area contributed by atoms with Gasteiger partial charge >= 0.3 is 6.18 Å². The zero-order chi connectivity index (χ0) is 13.2. The Morgan fingerprint density at radius 3 is 2.61 bits per heavy atom. The lowest BCUT2D eigenvalue weighted by Gasteiger charge is -2.22. The van der Waals surface area contributed by atoms with E-state index in [2.05, 4.69) is 4.98 Å². The molecule has 1 atom stereocenters. The van der Waals surface area contributed by atoms with Crippen LogP contribution in [0.15, 0.2) is 18.3 Å². The predicted molar refractivity (Wildman–Crippen MR) is 63.4 cm³/mol. The predicted octanol–water partition coefficient (Wildman–Crippen LogP) is 2.11. The van der Waals surface area contributed by atoms with Crippen LogP contribution in [-0.2, 0) is 6.42 Å². The van der Waals surface area contributed by atoms with E-state index in [0.29, 0.717) is 11.4 Å². The Hall–Kier alpha value is -1.30. The average Bonchev–Trinajstić information content (AvgIpc) is 2.82.